The van der Waals surface area contributed by atoms with Gasteiger partial charge in [-0.15, -0.1) is 6.42 Å². The van der Waals surface area contributed by atoms with Crippen LogP contribution in [0.15, 0.2) is 41.4 Å². The Hall–Kier alpha value is -2.95. The van der Waals surface area contributed by atoms with E-state index < -0.39 is 10.8 Å². The first-order valence-electron chi connectivity index (χ1n) is 8.03. The average Bonchev–Trinajstić information content (AvgIpc) is 2.98. The second kappa shape index (κ2) is 7.74. The fourth-order valence-electron chi connectivity index (χ4n) is 2.60. The van der Waals surface area contributed by atoms with Gasteiger partial charge in [0.05, 0.1) is 32.3 Å². The minimum Gasteiger partial charge on any atom is -0.305 e. The van der Waals surface area contributed by atoms with Crippen LogP contribution in [0.2, 0.25) is 5.02 Å². The molecule has 0 aliphatic rings. The van der Waals surface area contributed by atoms with Crippen molar-refractivity contribution < 1.29 is 9.72 Å². The lowest BCUT2D eigenvalue weighted by Crippen LogP contribution is -2.16. The van der Waals surface area contributed by atoms with Crippen LogP contribution in [0.25, 0.3) is 10.2 Å². The summed E-state index contributed by atoms with van der Waals surface area (Å²) in [6.45, 7) is 2.31. The smallest absolute Gasteiger partial charge is 0.281 e. The molecule has 0 aliphatic carbocycles. The molecule has 1 aromatic heterocycles. The maximum Gasteiger partial charge on any atom is 0.281 e. The van der Waals surface area contributed by atoms with Crippen molar-refractivity contribution in [1.29, 1.82) is 0 Å². The first-order chi connectivity index (χ1) is 12.9. The summed E-state index contributed by atoms with van der Waals surface area (Å²) in [5.41, 5.74) is 1.80. The monoisotopic (exact) mass is 399 g/mol. The second-order valence-electron chi connectivity index (χ2n) is 5.67. The summed E-state index contributed by atoms with van der Waals surface area (Å²) in [7, 11) is 0. The van der Waals surface area contributed by atoms with E-state index in [0.717, 1.165) is 28.3 Å². The number of carbonyl (C=O) groups is 1. The number of terminal acetylenes is 1. The number of hydrogen-bond acceptors (Lipinski definition) is 4. The Morgan fingerprint density at radius 2 is 2.15 bits per heavy atom. The third-order valence-corrected chi connectivity index (χ3v) is 5.36. The molecule has 136 valence electrons. The van der Waals surface area contributed by atoms with Gasteiger partial charge in [0.1, 0.15) is 0 Å². The number of aryl methyl sites for hydroxylation is 1. The minimum atomic E-state index is -0.656. The predicted octanol–water partition coefficient (Wildman–Crippen LogP) is 4.20. The minimum absolute atomic E-state index is 0.0233. The molecule has 1 heterocycles. The molecule has 6 nitrogen and oxygen atoms in total. The van der Waals surface area contributed by atoms with Gasteiger partial charge in [-0.2, -0.15) is 4.99 Å². The number of carbonyl (C=O) groups excluding carboxylic acids is 1. The number of halogens is 1. The van der Waals surface area contributed by atoms with Gasteiger partial charge >= 0.3 is 0 Å². The van der Waals surface area contributed by atoms with E-state index in [1.807, 2.05) is 18.2 Å². The van der Waals surface area contributed by atoms with Gasteiger partial charge in [-0.05, 0) is 30.2 Å². The van der Waals surface area contributed by atoms with Gasteiger partial charge in [-0.1, -0.05) is 41.8 Å². The Labute approximate surface area is 163 Å². The lowest BCUT2D eigenvalue weighted by atomic mass is 10.2. The van der Waals surface area contributed by atoms with Crippen molar-refractivity contribution in [2.45, 2.75) is 19.9 Å². The van der Waals surface area contributed by atoms with Crippen LogP contribution >= 0.6 is 22.9 Å². The van der Waals surface area contributed by atoms with Gasteiger partial charge in [0.25, 0.3) is 11.6 Å². The summed E-state index contributed by atoms with van der Waals surface area (Å²) in [4.78, 5) is 27.6. The normalized spacial score (nSPS) is 11.5. The van der Waals surface area contributed by atoms with Gasteiger partial charge in [-0.3, -0.25) is 14.9 Å². The van der Waals surface area contributed by atoms with Crippen LogP contribution in [-0.4, -0.2) is 15.4 Å². The molecule has 27 heavy (non-hydrogen) atoms. The van der Waals surface area contributed by atoms with E-state index in [4.69, 9.17) is 18.0 Å². The third kappa shape index (κ3) is 3.77. The molecule has 0 saturated heterocycles. The topological polar surface area (TPSA) is 77.5 Å². The van der Waals surface area contributed by atoms with E-state index in [9.17, 15) is 14.9 Å². The number of nitrogens with zero attached hydrogens (tertiary/aromatic N) is 3. The van der Waals surface area contributed by atoms with E-state index in [1.54, 1.807) is 4.57 Å². The van der Waals surface area contributed by atoms with Crippen molar-refractivity contribution in [2.24, 2.45) is 4.99 Å². The van der Waals surface area contributed by atoms with Crippen molar-refractivity contribution in [1.82, 2.24) is 4.57 Å². The number of nitro groups is 1. The third-order valence-electron chi connectivity index (χ3n) is 3.99. The van der Waals surface area contributed by atoms with Gasteiger partial charge in [0.15, 0.2) is 4.80 Å². The maximum absolute atomic E-state index is 12.6. The molecule has 8 heteroatoms. The first-order valence-corrected chi connectivity index (χ1v) is 9.22. The highest BCUT2D eigenvalue weighted by molar-refractivity contribution is 7.16. The molecular formula is C19H14ClN3O3S. The van der Waals surface area contributed by atoms with E-state index >= 15 is 0 Å². The van der Waals surface area contributed by atoms with Crippen LogP contribution in [0.5, 0.6) is 0 Å². The summed E-state index contributed by atoms with van der Waals surface area (Å²) in [6, 6.07) is 9.68. The lowest BCUT2D eigenvalue weighted by molar-refractivity contribution is -0.384. The van der Waals surface area contributed by atoms with E-state index in [1.165, 1.54) is 23.5 Å². The molecule has 0 unspecified atom stereocenters. The number of benzene rings is 2. The van der Waals surface area contributed by atoms with Crippen molar-refractivity contribution in [2.75, 3.05) is 0 Å². The summed E-state index contributed by atoms with van der Waals surface area (Å²) >= 11 is 7.38. The van der Waals surface area contributed by atoms with E-state index in [0.29, 0.717) is 4.80 Å². The molecule has 0 N–H and O–H groups in total. The summed E-state index contributed by atoms with van der Waals surface area (Å²) in [6.07, 6.45) is 6.35. The highest BCUT2D eigenvalue weighted by Gasteiger charge is 2.16. The fraction of sp³-hybridized carbons (Fsp3) is 0.158. The largest absolute Gasteiger partial charge is 0.305 e. The van der Waals surface area contributed by atoms with Gasteiger partial charge in [-0.25, -0.2) is 0 Å². The summed E-state index contributed by atoms with van der Waals surface area (Å²) in [5.74, 6) is 1.91. The first kappa shape index (κ1) is 18.8. The summed E-state index contributed by atoms with van der Waals surface area (Å²) < 4.78 is 2.73. The Morgan fingerprint density at radius 1 is 1.37 bits per heavy atom. The zero-order valence-electron chi connectivity index (χ0n) is 14.3. The highest BCUT2D eigenvalue weighted by atomic mass is 35.5. The molecule has 3 aromatic rings. The fourth-order valence-corrected chi connectivity index (χ4v) is 3.89. The van der Waals surface area contributed by atoms with Gasteiger partial charge in [0.2, 0.25) is 0 Å². The molecule has 1 amide bonds. The molecule has 0 saturated carbocycles. The van der Waals surface area contributed by atoms with Crippen LogP contribution in [0.3, 0.4) is 0 Å². The molecule has 0 atom stereocenters. The number of thiazole rings is 1. The SMILES string of the molecule is C#CCn1c(=NC(=O)c2cc([N+](=O)[O-])ccc2Cl)sc2cc(CC)ccc21. The number of hydrogen-bond donors (Lipinski definition) is 0. The number of fused-ring (bicyclic) bond motifs is 1. The van der Waals surface area contributed by atoms with Crippen LogP contribution in [-0.2, 0) is 13.0 Å². The van der Waals surface area contributed by atoms with E-state index in [-0.39, 0.29) is 22.8 Å². The van der Waals surface area contributed by atoms with Crippen LogP contribution in [0, 0.1) is 22.5 Å². The molecule has 0 aliphatic heterocycles. The van der Waals surface area contributed by atoms with Crippen molar-refractivity contribution in [3.63, 3.8) is 0 Å². The number of non-ortho nitro benzene ring substituents is 1. The highest BCUT2D eigenvalue weighted by Crippen LogP contribution is 2.23. The molecule has 0 bridgehead atoms. The number of nitro benzene ring substituents is 1. The standard InChI is InChI=1S/C19H14ClN3O3S/c1-3-9-22-16-8-5-12(4-2)10-17(16)27-19(22)21-18(24)14-11-13(23(25)26)6-7-15(14)20/h1,5-8,10-11H,4,9H2,2H3. The molecule has 3 rings (SSSR count). The maximum atomic E-state index is 12.6. The van der Waals surface area contributed by atoms with E-state index in [2.05, 4.69) is 17.8 Å². The van der Waals surface area contributed by atoms with Crippen LogP contribution < -0.4 is 4.80 Å². The predicted molar refractivity (Wildman–Crippen MR) is 106 cm³/mol. The zero-order valence-corrected chi connectivity index (χ0v) is 15.9. The van der Waals surface area contributed by atoms with Crippen molar-refractivity contribution >= 4 is 44.7 Å². The molecule has 0 radical (unpaired) electrons. The second-order valence-corrected chi connectivity index (χ2v) is 7.09. The van der Waals surface area contributed by atoms with Crippen molar-refractivity contribution in [3.05, 3.63) is 67.5 Å². The van der Waals surface area contributed by atoms with Gasteiger partial charge < -0.3 is 4.57 Å². The molecule has 0 fully saturated rings. The summed E-state index contributed by atoms with van der Waals surface area (Å²) in [5, 5.41) is 11.1. The Balaban J connectivity index is 2.16. The molecular weight excluding hydrogens is 386 g/mol. The van der Waals surface area contributed by atoms with Crippen LogP contribution in [0.4, 0.5) is 5.69 Å². The number of amides is 1. The van der Waals surface area contributed by atoms with Crippen molar-refractivity contribution in [3.8, 4) is 12.3 Å². The Morgan fingerprint density at radius 3 is 2.81 bits per heavy atom. The number of rotatable bonds is 4. The van der Waals surface area contributed by atoms with Crippen LogP contribution in [0.1, 0.15) is 22.8 Å². The Bertz CT molecular complexity index is 1170. The molecule has 2 aromatic carbocycles. The number of aromatic nitrogens is 1. The quantitative estimate of drug-likeness (QED) is 0.374. The lowest BCUT2D eigenvalue weighted by Gasteiger charge is -2.02. The average molecular weight is 400 g/mol. The Kier molecular flexibility index (Phi) is 5.40. The van der Waals surface area contributed by atoms with Gasteiger partial charge in [0, 0.05) is 12.1 Å². The zero-order chi connectivity index (χ0) is 19.6. The molecule has 0 spiro atoms.